The summed E-state index contributed by atoms with van der Waals surface area (Å²) in [6.45, 7) is 5.18. The van der Waals surface area contributed by atoms with Crippen LogP contribution in [0.1, 0.15) is 29.8 Å². The first-order valence-electron chi connectivity index (χ1n) is 5.34. The number of nitrogens with zero attached hydrogens (tertiary/aromatic N) is 1. The molecule has 0 saturated heterocycles. The number of aromatic nitrogens is 1. The van der Waals surface area contributed by atoms with Crippen LogP contribution in [0, 0.1) is 13.8 Å². The molecule has 0 bridgehead atoms. The summed E-state index contributed by atoms with van der Waals surface area (Å²) in [5.41, 5.74) is 2.31. The smallest absolute Gasteiger partial charge is 0.185 e. The van der Waals surface area contributed by atoms with E-state index in [0.717, 1.165) is 22.9 Å². The van der Waals surface area contributed by atoms with Gasteiger partial charge in [-0.3, -0.25) is 9.78 Å². The second-order valence-corrected chi connectivity index (χ2v) is 5.23. The molecule has 1 heterocycles. The largest absolute Gasteiger partial charge is 0.389 e. The SMILES string of the molecule is CC(=O)SCC(O)C(O)c1ncc(C)cc1C. The van der Waals surface area contributed by atoms with Crippen molar-refractivity contribution in [1.29, 1.82) is 0 Å². The lowest BCUT2D eigenvalue weighted by atomic mass is 10.1. The summed E-state index contributed by atoms with van der Waals surface area (Å²) in [5, 5.41) is 19.6. The minimum absolute atomic E-state index is 0.0789. The Labute approximate surface area is 105 Å². The highest BCUT2D eigenvalue weighted by atomic mass is 32.2. The molecule has 0 radical (unpaired) electrons. The number of hydrogen-bond acceptors (Lipinski definition) is 5. The first-order chi connectivity index (χ1) is 7.91. The fraction of sp³-hybridized carbons (Fsp3) is 0.500. The van der Waals surface area contributed by atoms with E-state index in [-0.39, 0.29) is 10.9 Å². The molecule has 0 amide bonds. The molecule has 4 nitrogen and oxygen atoms in total. The van der Waals surface area contributed by atoms with Gasteiger partial charge in [0, 0.05) is 18.9 Å². The van der Waals surface area contributed by atoms with E-state index in [1.807, 2.05) is 19.9 Å². The van der Waals surface area contributed by atoms with E-state index < -0.39 is 12.2 Å². The fourth-order valence-corrected chi connectivity index (χ4v) is 2.10. The predicted octanol–water partition coefficient (Wildman–Crippen LogP) is 1.37. The van der Waals surface area contributed by atoms with E-state index >= 15 is 0 Å². The first-order valence-corrected chi connectivity index (χ1v) is 6.33. The normalized spacial score (nSPS) is 14.4. The molecule has 17 heavy (non-hydrogen) atoms. The molecular formula is C12H17NO3S. The van der Waals surface area contributed by atoms with E-state index in [2.05, 4.69) is 4.98 Å². The molecule has 0 aliphatic heterocycles. The summed E-state index contributed by atoms with van der Waals surface area (Å²) in [6.07, 6.45) is -0.392. The van der Waals surface area contributed by atoms with Gasteiger partial charge in [0.05, 0.1) is 11.8 Å². The lowest BCUT2D eigenvalue weighted by Gasteiger charge is -2.18. The Balaban J connectivity index is 2.74. The number of hydrogen-bond donors (Lipinski definition) is 2. The summed E-state index contributed by atoms with van der Waals surface area (Å²) >= 11 is 0.995. The molecule has 0 aliphatic carbocycles. The van der Waals surface area contributed by atoms with Crippen molar-refractivity contribution in [1.82, 2.24) is 4.98 Å². The van der Waals surface area contributed by atoms with Gasteiger partial charge in [0.15, 0.2) is 5.12 Å². The van der Waals surface area contributed by atoms with Crippen LogP contribution >= 0.6 is 11.8 Å². The maximum atomic E-state index is 10.8. The van der Waals surface area contributed by atoms with Gasteiger partial charge >= 0.3 is 0 Å². The Morgan fingerprint density at radius 3 is 2.65 bits per heavy atom. The number of carbonyl (C=O) groups excluding carboxylic acids is 1. The maximum Gasteiger partial charge on any atom is 0.185 e. The van der Waals surface area contributed by atoms with E-state index in [1.54, 1.807) is 6.20 Å². The second-order valence-electron chi connectivity index (χ2n) is 4.03. The summed E-state index contributed by atoms with van der Waals surface area (Å²) in [7, 11) is 0. The van der Waals surface area contributed by atoms with Crippen LogP contribution < -0.4 is 0 Å². The van der Waals surface area contributed by atoms with Crippen LogP contribution in [0.5, 0.6) is 0 Å². The Bertz CT molecular complexity index is 409. The summed E-state index contributed by atoms with van der Waals surface area (Å²) < 4.78 is 0. The molecule has 1 rings (SSSR count). The third kappa shape index (κ3) is 4.11. The van der Waals surface area contributed by atoms with Gasteiger partial charge in [-0.1, -0.05) is 17.8 Å². The highest BCUT2D eigenvalue weighted by molar-refractivity contribution is 8.13. The van der Waals surface area contributed by atoms with Gasteiger partial charge < -0.3 is 10.2 Å². The van der Waals surface area contributed by atoms with Gasteiger partial charge in [-0.05, 0) is 25.0 Å². The zero-order valence-electron chi connectivity index (χ0n) is 10.2. The Kier molecular flexibility index (Phi) is 5.11. The van der Waals surface area contributed by atoms with Gasteiger partial charge in [-0.2, -0.15) is 0 Å². The average Bonchev–Trinajstić information content (AvgIpc) is 2.25. The maximum absolute atomic E-state index is 10.8. The molecule has 5 heteroatoms. The van der Waals surface area contributed by atoms with Crippen molar-refractivity contribution in [3.63, 3.8) is 0 Å². The summed E-state index contributed by atoms with van der Waals surface area (Å²) in [4.78, 5) is 14.9. The van der Waals surface area contributed by atoms with E-state index in [0.29, 0.717) is 5.69 Å². The average molecular weight is 255 g/mol. The van der Waals surface area contributed by atoms with E-state index in [4.69, 9.17) is 0 Å². The van der Waals surface area contributed by atoms with Crippen molar-refractivity contribution in [2.75, 3.05) is 5.75 Å². The highest BCUT2D eigenvalue weighted by Gasteiger charge is 2.21. The zero-order valence-corrected chi connectivity index (χ0v) is 11.0. The first kappa shape index (κ1) is 14.2. The molecule has 0 fully saturated rings. The molecule has 2 N–H and O–H groups in total. The van der Waals surface area contributed by atoms with Crippen molar-refractivity contribution in [3.8, 4) is 0 Å². The molecule has 1 aromatic heterocycles. The van der Waals surface area contributed by atoms with Crippen molar-refractivity contribution in [2.24, 2.45) is 0 Å². The number of thioether (sulfide) groups is 1. The Morgan fingerprint density at radius 1 is 1.47 bits per heavy atom. The number of pyridine rings is 1. The second kappa shape index (κ2) is 6.14. The molecule has 2 unspecified atom stereocenters. The van der Waals surface area contributed by atoms with Crippen LogP contribution in [0.4, 0.5) is 0 Å². The van der Waals surface area contributed by atoms with Crippen LogP contribution in [0.25, 0.3) is 0 Å². The monoisotopic (exact) mass is 255 g/mol. The molecule has 94 valence electrons. The Hall–Kier alpha value is -0.910. The van der Waals surface area contributed by atoms with Crippen LogP contribution in [0.15, 0.2) is 12.3 Å². The highest BCUT2D eigenvalue weighted by Crippen LogP contribution is 2.21. The van der Waals surface area contributed by atoms with Gasteiger partial charge in [0.2, 0.25) is 0 Å². The van der Waals surface area contributed by atoms with Crippen molar-refractivity contribution in [3.05, 3.63) is 29.1 Å². The third-order valence-corrected chi connectivity index (χ3v) is 3.27. The van der Waals surface area contributed by atoms with Gasteiger partial charge in [0.25, 0.3) is 0 Å². The number of aliphatic hydroxyl groups excluding tert-OH is 2. The molecule has 0 spiro atoms. The fourth-order valence-electron chi connectivity index (χ4n) is 1.51. The topological polar surface area (TPSA) is 70.4 Å². The molecule has 0 aromatic carbocycles. The summed E-state index contributed by atoms with van der Waals surface area (Å²) in [6, 6.07) is 1.90. The van der Waals surface area contributed by atoms with Crippen LogP contribution in [0.2, 0.25) is 0 Å². The molecule has 2 atom stereocenters. The van der Waals surface area contributed by atoms with E-state index in [9.17, 15) is 15.0 Å². The van der Waals surface area contributed by atoms with Crippen LogP contribution in [-0.4, -0.2) is 32.2 Å². The van der Waals surface area contributed by atoms with Crippen molar-refractivity contribution >= 4 is 16.9 Å². The van der Waals surface area contributed by atoms with Crippen molar-refractivity contribution in [2.45, 2.75) is 33.0 Å². The molecular weight excluding hydrogens is 238 g/mol. The molecule has 1 aromatic rings. The van der Waals surface area contributed by atoms with Crippen molar-refractivity contribution < 1.29 is 15.0 Å². The lowest BCUT2D eigenvalue weighted by Crippen LogP contribution is -2.23. The number of rotatable bonds is 4. The molecule has 0 saturated carbocycles. The summed E-state index contributed by atoms with van der Waals surface area (Å²) in [5.74, 6) is 0.172. The van der Waals surface area contributed by atoms with Gasteiger partial charge in [-0.25, -0.2) is 0 Å². The van der Waals surface area contributed by atoms with E-state index in [1.165, 1.54) is 6.92 Å². The zero-order chi connectivity index (χ0) is 13.0. The number of aryl methyl sites for hydroxylation is 2. The quantitative estimate of drug-likeness (QED) is 0.850. The molecule has 0 aliphatic rings. The number of carbonyl (C=O) groups is 1. The lowest BCUT2D eigenvalue weighted by molar-refractivity contribution is -0.109. The van der Waals surface area contributed by atoms with Gasteiger partial charge in [-0.15, -0.1) is 0 Å². The van der Waals surface area contributed by atoms with Crippen LogP contribution in [0.3, 0.4) is 0 Å². The minimum atomic E-state index is -1.05. The van der Waals surface area contributed by atoms with Gasteiger partial charge in [0.1, 0.15) is 6.10 Å². The van der Waals surface area contributed by atoms with Crippen LogP contribution in [-0.2, 0) is 4.79 Å². The Morgan fingerprint density at radius 2 is 2.12 bits per heavy atom. The standard InChI is InChI=1S/C12H17NO3S/c1-7-4-8(2)11(13-5-7)12(16)10(15)6-17-9(3)14/h4-5,10,12,15-16H,6H2,1-3H3. The minimum Gasteiger partial charge on any atom is -0.389 e. The number of aliphatic hydroxyl groups is 2. The predicted molar refractivity (Wildman–Crippen MR) is 67.8 cm³/mol. The third-order valence-electron chi connectivity index (χ3n) is 2.36.